The first kappa shape index (κ1) is 22.4. The number of rotatable bonds is 4. The second kappa shape index (κ2) is 8.27. The van der Waals surface area contributed by atoms with E-state index in [1.54, 1.807) is 19.1 Å². The minimum Gasteiger partial charge on any atom is -0.362 e. The number of anilines is 1. The summed E-state index contributed by atoms with van der Waals surface area (Å²) < 4.78 is 13.3. The molecule has 0 saturated heterocycles. The van der Waals surface area contributed by atoms with Crippen molar-refractivity contribution in [1.29, 1.82) is 0 Å². The van der Waals surface area contributed by atoms with Gasteiger partial charge in [0.15, 0.2) is 5.78 Å². The quantitative estimate of drug-likeness (QED) is 0.507. The fraction of sp³-hybridized carbons (Fsp3) is 0.280. The lowest BCUT2D eigenvalue weighted by Gasteiger charge is -2.39. The van der Waals surface area contributed by atoms with E-state index in [2.05, 4.69) is 10.6 Å². The summed E-state index contributed by atoms with van der Waals surface area (Å²) in [6.45, 7) is 5.77. The Morgan fingerprint density at radius 3 is 2.55 bits per heavy atom. The van der Waals surface area contributed by atoms with Gasteiger partial charge >= 0.3 is 0 Å². The molecule has 2 aromatic carbocycles. The normalized spacial score (nSPS) is 19.6. The standard InChI is InChI=1S/C25H24FN3O4/c1-14-21(24(31)28-17-9-7-16(26)8-10-17)22(15-5-4-6-18(11-15)29(32)33)23-19(27-14)12-25(2,3)13-20(23)30/h4-11,22,27H,12-13H2,1-3H3,(H,28,31)/t22-/m1/s1. The van der Waals surface area contributed by atoms with Gasteiger partial charge in [-0.15, -0.1) is 0 Å². The Labute approximate surface area is 190 Å². The highest BCUT2D eigenvalue weighted by Crippen LogP contribution is 2.47. The average molecular weight is 449 g/mol. The molecule has 2 N–H and O–H groups in total. The third-order valence-electron chi connectivity index (χ3n) is 6.00. The number of nitrogens with one attached hydrogen (secondary N) is 2. The van der Waals surface area contributed by atoms with E-state index < -0.39 is 22.6 Å². The molecule has 2 aliphatic rings. The SMILES string of the molecule is CC1=C(C(=O)Nc2ccc(F)cc2)[C@@H](c2cccc([N+](=O)[O-])c2)C2=C(CC(C)(C)CC2=O)N1. The van der Waals surface area contributed by atoms with Crippen LogP contribution in [0.1, 0.15) is 45.1 Å². The molecule has 7 nitrogen and oxygen atoms in total. The lowest BCUT2D eigenvalue weighted by Crippen LogP contribution is -2.39. The molecule has 0 unspecified atom stereocenters. The summed E-state index contributed by atoms with van der Waals surface area (Å²) in [5, 5.41) is 17.4. The second-order valence-electron chi connectivity index (χ2n) is 9.24. The number of non-ortho nitro benzene ring substituents is 1. The van der Waals surface area contributed by atoms with Crippen LogP contribution in [0.2, 0.25) is 0 Å². The van der Waals surface area contributed by atoms with Crippen molar-refractivity contribution in [3.05, 3.63) is 92.6 Å². The van der Waals surface area contributed by atoms with E-state index in [1.165, 1.54) is 36.4 Å². The van der Waals surface area contributed by atoms with Crippen LogP contribution in [-0.2, 0) is 9.59 Å². The molecule has 2 aromatic rings. The van der Waals surface area contributed by atoms with Gasteiger partial charge in [0, 0.05) is 52.7 Å². The smallest absolute Gasteiger partial charge is 0.269 e. The summed E-state index contributed by atoms with van der Waals surface area (Å²) in [6, 6.07) is 11.4. The van der Waals surface area contributed by atoms with Gasteiger partial charge in [0.1, 0.15) is 5.82 Å². The minimum absolute atomic E-state index is 0.0927. The molecule has 8 heteroatoms. The van der Waals surface area contributed by atoms with Crippen LogP contribution in [0.25, 0.3) is 0 Å². The first-order valence-corrected chi connectivity index (χ1v) is 10.6. The third-order valence-corrected chi connectivity index (χ3v) is 6.00. The fourth-order valence-electron chi connectivity index (χ4n) is 4.62. The van der Waals surface area contributed by atoms with E-state index in [4.69, 9.17) is 0 Å². The van der Waals surface area contributed by atoms with Gasteiger partial charge in [-0.25, -0.2) is 4.39 Å². The summed E-state index contributed by atoms with van der Waals surface area (Å²) in [5.74, 6) is -1.75. The number of hydrogen-bond donors (Lipinski definition) is 2. The van der Waals surface area contributed by atoms with Gasteiger partial charge in [0.05, 0.1) is 4.92 Å². The molecule has 33 heavy (non-hydrogen) atoms. The monoisotopic (exact) mass is 449 g/mol. The number of nitro groups is 1. The van der Waals surface area contributed by atoms with E-state index in [0.29, 0.717) is 40.9 Å². The summed E-state index contributed by atoms with van der Waals surface area (Å²) >= 11 is 0. The number of carbonyl (C=O) groups is 2. The topological polar surface area (TPSA) is 101 Å². The van der Waals surface area contributed by atoms with Crippen molar-refractivity contribution in [3.8, 4) is 0 Å². The van der Waals surface area contributed by atoms with Crippen LogP contribution in [0.15, 0.2) is 71.1 Å². The number of amides is 1. The first-order valence-electron chi connectivity index (χ1n) is 10.6. The number of halogens is 1. The maximum Gasteiger partial charge on any atom is 0.269 e. The number of allylic oxidation sites excluding steroid dienone is 3. The summed E-state index contributed by atoms with van der Waals surface area (Å²) in [4.78, 5) is 37.6. The highest BCUT2D eigenvalue weighted by atomic mass is 19.1. The highest BCUT2D eigenvalue weighted by molar-refractivity contribution is 6.10. The first-order chi connectivity index (χ1) is 15.6. The van der Waals surface area contributed by atoms with Crippen LogP contribution < -0.4 is 10.6 Å². The number of nitro benzene ring substituents is 1. The molecule has 0 spiro atoms. The minimum atomic E-state index is -0.759. The Hall–Kier alpha value is -3.81. The number of benzene rings is 2. The molecule has 0 saturated carbocycles. The van der Waals surface area contributed by atoms with Crippen LogP contribution in [-0.4, -0.2) is 16.6 Å². The van der Waals surface area contributed by atoms with Gasteiger partial charge in [-0.2, -0.15) is 0 Å². The van der Waals surface area contributed by atoms with Gasteiger partial charge in [-0.05, 0) is 48.6 Å². The van der Waals surface area contributed by atoms with Crippen LogP contribution in [0.4, 0.5) is 15.8 Å². The molecule has 1 atom stereocenters. The molecule has 1 heterocycles. The molecule has 0 aromatic heterocycles. The zero-order chi connectivity index (χ0) is 23.9. The molecule has 170 valence electrons. The van der Waals surface area contributed by atoms with Crippen LogP contribution >= 0.6 is 0 Å². The van der Waals surface area contributed by atoms with Crippen LogP contribution in [0.3, 0.4) is 0 Å². The van der Waals surface area contributed by atoms with Crippen LogP contribution in [0.5, 0.6) is 0 Å². The Balaban J connectivity index is 1.83. The van der Waals surface area contributed by atoms with E-state index in [-0.39, 0.29) is 16.9 Å². The highest BCUT2D eigenvalue weighted by Gasteiger charge is 2.43. The zero-order valence-electron chi connectivity index (χ0n) is 18.6. The number of carbonyl (C=O) groups excluding carboxylic acids is 2. The van der Waals surface area contributed by atoms with Crippen molar-refractivity contribution >= 4 is 23.1 Å². The molecule has 4 rings (SSSR count). The van der Waals surface area contributed by atoms with Crippen molar-refractivity contribution in [1.82, 2.24) is 5.32 Å². The Bertz CT molecular complexity index is 1230. The van der Waals surface area contributed by atoms with Gasteiger partial charge in [-0.3, -0.25) is 19.7 Å². The van der Waals surface area contributed by atoms with Crippen molar-refractivity contribution in [2.45, 2.75) is 39.5 Å². The van der Waals surface area contributed by atoms with E-state index in [1.807, 2.05) is 13.8 Å². The van der Waals surface area contributed by atoms with E-state index in [9.17, 15) is 24.1 Å². The summed E-state index contributed by atoms with van der Waals surface area (Å²) in [6.07, 6.45) is 0.925. The van der Waals surface area contributed by atoms with Gasteiger partial charge in [0.25, 0.3) is 11.6 Å². The fourth-order valence-corrected chi connectivity index (χ4v) is 4.62. The van der Waals surface area contributed by atoms with Crippen molar-refractivity contribution < 1.29 is 18.9 Å². The number of Topliss-reactive ketones (excluding diaryl/α,β-unsaturated/α-hetero) is 1. The van der Waals surface area contributed by atoms with Gasteiger partial charge < -0.3 is 10.6 Å². The Morgan fingerprint density at radius 1 is 1.18 bits per heavy atom. The maximum absolute atomic E-state index is 13.4. The van der Waals surface area contributed by atoms with Gasteiger partial charge in [0.2, 0.25) is 0 Å². The van der Waals surface area contributed by atoms with Crippen molar-refractivity contribution in [2.24, 2.45) is 5.41 Å². The van der Waals surface area contributed by atoms with Crippen molar-refractivity contribution in [3.63, 3.8) is 0 Å². The molecular weight excluding hydrogens is 425 g/mol. The summed E-state index contributed by atoms with van der Waals surface area (Å²) in [5.41, 5.74) is 2.60. The molecule has 0 radical (unpaired) electrons. The maximum atomic E-state index is 13.4. The Kier molecular flexibility index (Phi) is 5.61. The number of ketones is 1. The van der Waals surface area contributed by atoms with Crippen LogP contribution in [0, 0.1) is 21.3 Å². The zero-order valence-corrected chi connectivity index (χ0v) is 18.6. The molecular formula is C25H24FN3O4. The molecule has 0 bridgehead atoms. The third kappa shape index (κ3) is 4.41. The molecule has 1 amide bonds. The van der Waals surface area contributed by atoms with E-state index >= 15 is 0 Å². The van der Waals surface area contributed by atoms with E-state index in [0.717, 1.165) is 5.70 Å². The predicted molar refractivity (Wildman–Crippen MR) is 122 cm³/mol. The number of hydrogen-bond acceptors (Lipinski definition) is 5. The lowest BCUT2D eigenvalue weighted by molar-refractivity contribution is -0.384. The average Bonchev–Trinajstić information content (AvgIpc) is 2.73. The molecule has 1 aliphatic carbocycles. The molecule has 0 fully saturated rings. The molecule has 1 aliphatic heterocycles. The number of dihydropyridines is 1. The summed E-state index contributed by atoms with van der Waals surface area (Å²) in [7, 11) is 0. The Morgan fingerprint density at radius 2 is 1.88 bits per heavy atom. The second-order valence-corrected chi connectivity index (χ2v) is 9.24. The van der Waals surface area contributed by atoms with Crippen molar-refractivity contribution in [2.75, 3.05) is 5.32 Å². The predicted octanol–water partition coefficient (Wildman–Crippen LogP) is 4.98. The largest absolute Gasteiger partial charge is 0.362 e. The van der Waals surface area contributed by atoms with Gasteiger partial charge in [-0.1, -0.05) is 26.0 Å². The lowest BCUT2D eigenvalue weighted by atomic mass is 9.68. The number of nitrogens with zero attached hydrogens (tertiary/aromatic N) is 1.